The zero-order valence-electron chi connectivity index (χ0n) is 8.74. The summed E-state index contributed by atoms with van der Waals surface area (Å²) in [5.74, 6) is -0.806. The molecule has 1 rings (SSSR count). The van der Waals surface area contributed by atoms with Gasteiger partial charge in [0.2, 0.25) is 11.8 Å². The van der Waals surface area contributed by atoms with E-state index in [1.54, 1.807) is 13.8 Å². The number of amides is 2. The molecule has 0 aromatic rings. The zero-order valence-corrected chi connectivity index (χ0v) is 10.3. The summed E-state index contributed by atoms with van der Waals surface area (Å²) in [7, 11) is 0. The van der Waals surface area contributed by atoms with Gasteiger partial charge in [-0.2, -0.15) is 0 Å². The lowest BCUT2D eigenvalue weighted by Crippen LogP contribution is -2.49. The number of primary amides is 1. The molecule has 2 amide bonds. The summed E-state index contributed by atoms with van der Waals surface area (Å²) in [6.45, 7) is 3.55. The summed E-state index contributed by atoms with van der Waals surface area (Å²) in [4.78, 5) is 24.3. The Morgan fingerprint density at radius 3 is 2.47 bits per heavy atom. The minimum atomic E-state index is -0.745. The van der Waals surface area contributed by atoms with Crippen molar-refractivity contribution in [3.63, 3.8) is 0 Å². The van der Waals surface area contributed by atoms with Crippen molar-refractivity contribution in [2.24, 2.45) is 5.73 Å². The number of aliphatic hydroxyl groups excluding tert-OH is 1. The Hall–Kier alpha value is -0.620. The average Bonchev–Trinajstić information content (AvgIpc) is 2.44. The van der Waals surface area contributed by atoms with Gasteiger partial charge in [0.05, 0.1) is 10.4 Å². The molecule has 0 spiro atoms. The van der Waals surface area contributed by atoms with Crippen LogP contribution in [0.1, 0.15) is 20.3 Å². The normalized spacial score (nSPS) is 26.8. The lowest BCUT2D eigenvalue weighted by atomic mass is 10.1. The van der Waals surface area contributed by atoms with Crippen molar-refractivity contribution in [2.45, 2.75) is 36.7 Å². The Morgan fingerprint density at radius 1 is 1.53 bits per heavy atom. The van der Waals surface area contributed by atoms with Crippen LogP contribution in [0, 0.1) is 0 Å². The van der Waals surface area contributed by atoms with Crippen molar-refractivity contribution < 1.29 is 14.7 Å². The number of β-amino-alcohol motifs (C(OH)–C–C–N with tert-alkyl or cyclic N) is 1. The molecule has 15 heavy (non-hydrogen) atoms. The molecule has 6 heteroatoms. The van der Waals surface area contributed by atoms with Crippen LogP contribution in [-0.2, 0) is 9.59 Å². The minimum absolute atomic E-state index is 0.168. The van der Waals surface area contributed by atoms with Crippen LogP contribution in [0.4, 0.5) is 0 Å². The Labute approximate surface area is 96.7 Å². The molecular formula is C9H15BrN2O3. The molecule has 3 N–H and O–H groups in total. The second kappa shape index (κ2) is 4.09. The maximum Gasteiger partial charge on any atom is 0.240 e. The summed E-state index contributed by atoms with van der Waals surface area (Å²) in [6, 6.07) is -0.690. The number of rotatable bonds is 2. The first-order chi connectivity index (χ1) is 6.73. The standard InChI is InChI=1S/C9H15BrN2O3/c1-9(2,10)8(15)12-4-5(13)3-6(12)7(11)14/h5-6,13H,3-4H2,1-2H3,(H2,11,14). The largest absolute Gasteiger partial charge is 0.391 e. The number of nitrogens with two attached hydrogens (primary N) is 1. The van der Waals surface area contributed by atoms with Gasteiger partial charge in [0.25, 0.3) is 0 Å². The number of alkyl halides is 1. The van der Waals surface area contributed by atoms with E-state index < -0.39 is 22.4 Å². The highest BCUT2D eigenvalue weighted by Gasteiger charge is 2.41. The highest BCUT2D eigenvalue weighted by Crippen LogP contribution is 2.25. The SMILES string of the molecule is CC(C)(Br)C(=O)N1CC(O)CC1C(N)=O. The summed E-state index contributed by atoms with van der Waals surface area (Å²) in [6.07, 6.45) is -0.439. The summed E-state index contributed by atoms with van der Waals surface area (Å²) in [5, 5.41) is 9.42. The Balaban J connectivity index is 2.85. The number of halogens is 1. The van der Waals surface area contributed by atoms with Gasteiger partial charge < -0.3 is 15.7 Å². The van der Waals surface area contributed by atoms with E-state index in [4.69, 9.17) is 5.73 Å². The first-order valence-corrected chi connectivity index (χ1v) is 5.50. The lowest BCUT2D eigenvalue weighted by molar-refractivity contribution is -0.138. The van der Waals surface area contributed by atoms with Crippen molar-refractivity contribution in [3.05, 3.63) is 0 Å². The highest BCUT2D eigenvalue weighted by atomic mass is 79.9. The molecule has 86 valence electrons. The van der Waals surface area contributed by atoms with Crippen molar-refractivity contribution in [1.29, 1.82) is 0 Å². The van der Waals surface area contributed by atoms with Crippen molar-refractivity contribution in [1.82, 2.24) is 4.90 Å². The average molecular weight is 279 g/mol. The Kier molecular flexibility index (Phi) is 3.40. The molecule has 2 unspecified atom stereocenters. The van der Waals surface area contributed by atoms with Crippen LogP contribution >= 0.6 is 15.9 Å². The third-order valence-electron chi connectivity index (χ3n) is 2.38. The number of nitrogens with zero attached hydrogens (tertiary/aromatic N) is 1. The maximum absolute atomic E-state index is 11.9. The minimum Gasteiger partial charge on any atom is -0.391 e. The Bertz CT molecular complexity index is 288. The molecule has 0 aliphatic carbocycles. The fourth-order valence-corrected chi connectivity index (χ4v) is 1.88. The maximum atomic E-state index is 11.9. The molecule has 0 saturated carbocycles. The van der Waals surface area contributed by atoms with E-state index in [2.05, 4.69) is 15.9 Å². The fourth-order valence-electron chi connectivity index (χ4n) is 1.65. The van der Waals surface area contributed by atoms with Crippen molar-refractivity contribution >= 4 is 27.7 Å². The number of hydrogen-bond acceptors (Lipinski definition) is 3. The van der Waals surface area contributed by atoms with Crippen molar-refractivity contribution in [2.75, 3.05) is 6.54 Å². The van der Waals surface area contributed by atoms with Crippen LogP contribution in [-0.4, -0.2) is 44.8 Å². The molecule has 0 aromatic carbocycles. The number of aliphatic hydroxyl groups is 1. The second-order valence-electron chi connectivity index (χ2n) is 4.24. The monoisotopic (exact) mass is 278 g/mol. The zero-order chi connectivity index (χ0) is 11.8. The predicted molar refractivity (Wildman–Crippen MR) is 58.3 cm³/mol. The summed E-state index contributed by atoms with van der Waals surface area (Å²) < 4.78 is -0.745. The summed E-state index contributed by atoms with van der Waals surface area (Å²) >= 11 is 3.23. The number of hydrogen-bond donors (Lipinski definition) is 2. The fraction of sp³-hybridized carbons (Fsp3) is 0.778. The molecule has 1 aliphatic rings. The van der Waals surface area contributed by atoms with Gasteiger partial charge in [0, 0.05) is 13.0 Å². The molecule has 5 nitrogen and oxygen atoms in total. The van der Waals surface area contributed by atoms with E-state index in [1.165, 1.54) is 4.90 Å². The van der Waals surface area contributed by atoms with Gasteiger partial charge in [0.1, 0.15) is 6.04 Å². The van der Waals surface area contributed by atoms with Crippen LogP contribution in [0.2, 0.25) is 0 Å². The molecular weight excluding hydrogens is 264 g/mol. The highest BCUT2D eigenvalue weighted by molar-refractivity contribution is 9.10. The van der Waals surface area contributed by atoms with E-state index >= 15 is 0 Å². The first kappa shape index (κ1) is 12.4. The van der Waals surface area contributed by atoms with Gasteiger partial charge in [-0.05, 0) is 13.8 Å². The van der Waals surface area contributed by atoms with E-state index in [9.17, 15) is 14.7 Å². The van der Waals surface area contributed by atoms with Crippen LogP contribution in [0.25, 0.3) is 0 Å². The Morgan fingerprint density at radius 2 is 2.07 bits per heavy atom. The topological polar surface area (TPSA) is 83.6 Å². The van der Waals surface area contributed by atoms with E-state index in [-0.39, 0.29) is 18.9 Å². The first-order valence-electron chi connectivity index (χ1n) is 4.71. The molecule has 1 aliphatic heterocycles. The van der Waals surface area contributed by atoms with Crippen LogP contribution in [0.5, 0.6) is 0 Å². The number of likely N-dealkylation sites (tertiary alicyclic amines) is 1. The predicted octanol–water partition coefficient (Wildman–Crippen LogP) is -0.393. The third kappa shape index (κ3) is 2.69. The molecule has 0 bridgehead atoms. The molecule has 2 atom stereocenters. The lowest BCUT2D eigenvalue weighted by Gasteiger charge is -2.27. The third-order valence-corrected chi connectivity index (χ3v) is 2.72. The molecule has 0 aromatic heterocycles. The quantitative estimate of drug-likeness (QED) is 0.675. The van der Waals surface area contributed by atoms with Crippen LogP contribution < -0.4 is 5.73 Å². The molecule has 1 fully saturated rings. The van der Waals surface area contributed by atoms with Gasteiger partial charge in [-0.3, -0.25) is 9.59 Å². The van der Waals surface area contributed by atoms with Gasteiger partial charge in [0.15, 0.2) is 0 Å². The van der Waals surface area contributed by atoms with E-state index in [0.29, 0.717) is 0 Å². The van der Waals surface area contributed by atoms with Crippen LogP contribution in [0.3, 0.4) is 0 Å². The van der Waals surface area contributed by atoms with Gasteiger partial charge in [-0.1, -0.05) is 15.9 Å². The number of carbonyl (C=O) groups is 2. The summed E-state index contributed by atoms with van der Waals surface area (Å²) in [5.41, 5.74) is 5.17. The van der Waals surface area contributed by atoms with Gasteiger partial charge in [-0.25, -0.2) is 0 Å². The van der Waals surface area contributed by atoms with E-state index in [1.807, 2.05) is 0 Å². The van der Waals surface area contributed by atoms with Gasteiger partial charge >= 0.3 is 0 Å². The molecule has 0 radical (unpaired) electrons. The molecule has 1 saturated heterocycles. The van der Waals surface area contributed by atoms with Crippen LogP contribution in [0.15, 0.2) is 0 Å². The molecule has 1 heterocycles. The van der Waals surface area contributed by atoms with Gasteiger partial charge in [-0.15, -0.1) is 0 Å². The van der Waals surface area contributed by atoms with E-state index in [0.717, 1.165) is 0 Å². The van der Waals surface area contributed by atoms with Crippen molar-refractivity contribution in [3.8, 4) is 0 Å². The smallest absolute Gasteiger partial charge is 0.240 e. The number of carbonyl (C=O) groups excluding carboxylic acids is 2. The second-order valence-corrected chi connectivity index (χ2v) is 6.22.